The van der Waals surface area contributed by atoms with Gasteiger partial charge < -0.3 is 4.74 Å². The quantitative estimate of drug-likeness (QED) is 0.662. The van der Waals surface area contributed by atoms with E-state index in [-0.39, 0.29) is 5.41 Å². The molecule has 1 heterocycles. The van der Waals surface area contributed by atoms with Gasteiger partial charge in [-0.2, -0.15) is 5.26 Å². The van der Waals surface area contributed by atoms with Crippen LogP contribution in [0.3, 0.4) is 0 Å². The van der Waals surface area contributed by atoms with Crippen molar-refractivity contribution in [3.05, 3.63) is 35.4 Å². The van der Waals surface area contributed by atoms with Crippen LogP contribution in [0.1, 0.15) is 31.9 Å². The highest BCUT2D eigenvalue weighted by Gasteiger charge is 2.19. The monoisotopic (exact) mass is 213 g/mol. The van der Waals surface area contributed by atoms with Crippen LogP contribution >= 0.6 is 0 Å². The summed E-state index contributed by atoms with van der Waals surface area (Å²) in [6, 6.07) is 8.31. The van der Waals surface area contributed by atoms with Gasteiger partial charge in [0.15, 0.2) is 0 Å². The third kappa shape index (κ3) is 1.81. The number of rotatable bonds is 0. The lowest BCUT2D eigenvalue weighted by Gasteiger charge is -2.22. The van der Waals surface area contributed by atoms with E-state index in [4.69, 9.17) is 10.00 Å². The van der Waals surface area contributed by atoms with E-state index < -0.39 is 0 Å². The Morgan fingerprint density at radius 3 is 2.69 bits per heavy atom. The van der Waals surface area contributed by atoms with E-state index in [0.29, 0.717) is 12.2 Å². The number of hydrogen-bond donors (Lipinski definition) is 0. The van der Waals surface area contributed by atoms with Gasteiger partial charge in [-0.1, -0.05) is 26.8 Å². The van der Waals surface area contributed by atoms with Crippen LogP contribution in [-0.4, -0.2) is 6.61 Å². The molecule has 2 rings (SSSR count). The van der Waals surface area contributed by atoms with E-state index in [2.05, 4.69) is 39.0 Å². The number of fused-ring (bicyclic) bond motifs is 1. The predicted octanol–water partition coefficient (Wildman–Crippen LogP) is 3.28. The molecule has 0 aliphatic carbocycles. The molecule has 0 bridgehead atoms. The first-order chi connectivity index (χ1) is 7.52. The highest BCUT2D eigenvalue weighted by atomic mass is 16.5. The Morgan fingerprint density at radius 2 is 2.06 bits per heavy atom. The van der Waals surface area contributed by atoms with Crippen molar-refractivity contribution in [2.75, 3.05) is 6.61 Å². The molecule has 1 aromatic carbocycles. The standard InChI is InChI=1S/C14H15NO/c1-14(2,3)11-4-5-13-12(8-11)10(9-15)6-7-16-13/h4-6,8H,7H2,1-3H3. The molecule has 0 amide bonds. The largest absolute Gasteiger partial charge is 0.489 e. The van der Waals surface area contributed by atoms with Crippen LogP contribution in [-0.2, 0) is 5.41 Å². The van der Waals surface area contributed by atoms with Crippen LogP contribution in [0.15, 0.2) is 24.3 Å². The van der Waals surface area contributed by atoms with Crippen LogP contribution in [0.4, 0.5) is 0 Å². The van der Waals surface area contributed by atoms with Gasteiger partial charge in [0, 0.05) is 5.56 Å². The molecule has 0 spiro atoms. The van der Waals surface area contributed by atoms with Gasteiger partial charge in [-0.3, -0.25) is 0 Å². The molecule has 0 N–H and O–H groups in total. The molecule has 0 atom stereocenters. The molecule has 0 radical (unpaired) electrons. The number of hydrogen-bond acceptors (Lipinski definition) is 2. The highest BCUT2D eigenvalue weighted by Crippen LogP contribution is 2.33. The second-order valence-corrected chi connectivity index (χ2v) is 5.00. The van der Waals surface area contributed by atoms with E-state index in [1.165, 1.54) is 5.56 Å². The number of benzene rings is 1. The first-order valence-corrected chi connectivity index (χ1v) is 5.40. The summed E-state index contributed by atoms with van der Waals surface area (Å²) in [5.74, 6) is 0.812. The highest BCUT2D eigenvalue weighted by molar-refractivity contribution is 5.81. The van der Waals surface area contributed by atoms with Gasteiger partial charge in [-0.15, -0.1) is 0 Å². The molecule has 0 unspecified atom stereocenters. The molecule has 16 heavy (non-hydrogen) atoms. The Kier molecular flexibility index (Phi) is 2.47. The van der Waals surface area contributed by atoms with Crippen molar-refractivity contribution in [2.24, 2.45) is 0 Å². The number of ether oxygens (including phenoxy) is 1. The number of nitrogens with zero attached hydrogens (tertiary/aromatic N) is 1. The molecule has 1 aliphatic heterocycles. The molecule has 0 saturated heterocycles. The smallest absolute Gasteiger partial charge is 0.128 e. The topological polar surface area (TPSA) is 33.0 Å². The zero-order chi connectivity index (χ0) is 11.8. The van der Waals surface area contributed by atoms with Gasteiger partial charge >= 0.3 is 0 Å². The molecule has 1 aliphatic rings. The van der Waals surface area contributed by atoms with Crippen LogP contribution in [0.25, 0.3) is 5.57 Å². The fourth-order valence-corrected chi connectivity index (χ4v) is 1.76. The minimum Gasteiger partial charge on any atom is -0.489 e. The van der Waals surface area contributed by atoms with Crippen LogP contribution < -0.4 is 4.74 Å². The Bertz CT molecular complexity index is 486. The lowest BCUT2D eigenvalue weighted by atomic mass is 9.85. The summed E-state index contributed by atoms with van der Waals surface area (Å²) in [6.45, 7) is 6.97. The third-order valence-corrected chi connectivity index (χ3v) is 2.78. The molecule has 0 aromatic heterocycles. The Morgan fingerprint density at radius 1 is 1.31 bits per heavy atom. The average molecular weight is 213 g/mol. The van der Waals surface area contributed by atoms with Gasteiger partial charge in [0.2, 0.25) is 0 Å². The van der Waals surface area contributed by atoms with Crippen LogP contribution in [0.2, 0.25) is 0 Å². The van der Waals surface area contributed by atoms with Crippen LogP contribution in [0.5, 0.6) is 5.75 Å². The summed E-state index contributed by atoms with van der Waals surface area (Å²) < 4.78 is 5.50. The fraction of sp³-hybridized carbons (Fsp3) is 0.357. The van der Waals surface area contributed by atoms with Gasteiger partial charge in [-0.25, -0.2) is 0 Å². The summed E-state index contributed by atoms with van der Waals surface area (Å²) in [6.07, 6.45) is 1.83. The van der Waals surface area contributed by atoms with E-state index in [9.17, 15) is 0 Å². The van der Waals surface area contributed by atoms with E-state index in [0.717, 1.165) is 11.3 Å². The van der Waals surface area contributed by atoms with Crippen molar-refractivity contribution in [2.45, 2.75) is 26.2 Å². The maximum atomic E-state index is 9.06. The minimum absolute atomic E-state index is 0.0903. The Balaban J connectivity index is 2.55. The first kappa shape index (κ1) is 10.8. The predicted molar refractivity (Wildman–Crippen MR) is 64.2 cm³/mol. The molecule has 0 saturated carbocycles. The summed E-state index contributed by atoms with van der Waals surface area (Å²) in [5.41, 5.74) is 2.94. The van der Waals surface area contributed by atoms with Gasteiger partial charge in [-0.05, 0) is 29.2 Å². The van der Waals surface area contributed by atoms with E-state index in [1.54, 1.807) is 0 Å². The van der Waals surface area contributed by atoms with Crippen molar-refractivity contribution in [3.63, 3.8) is 0 Å². The first-order valence-electron chi connectivity index (χ1n) is 5.40. The van der Waals surface area contributed by atoms with Crippen molar-refractivity contribution < 1.29 is 4.74 Å². The molecule has 2 heteroatoms. The van der Waals surface area contributed by atoms with E-state index in [1.807, 2.05) is 12.1 Å². The van der Waals surface area contributed by atoms with Gasteiger partial charge in [0.25, 0.3) is 0 Å². The van der Waals surface area contributed by atoms with Gasteiger partial charge in [0.1, 0.15) is 12.4 Å². The molecule has 0 fully saturated rings. The molecule has 2 nitrogen and oxygen atoms in total. The molecular formula is C14H15NO. The Labute approximate surface area is 96.2 Å². The van der Waals surface area contributed by atoms with Crippen LogP contribution in [0, 0.1) is 11.3 Å². The normalized spacial score (nSPS) is 14.5. The molecular weight excluding hydrogens is 198 g/mol. The van der Waals surface area contributed by atoms with Gasteiger partial charge in [0.05, 0.1) is 11.6 Å². The summed E-state index contributed by atoms with van der Waals surface area (Å²) >= 11 is 0. The van der Waals surface area contributed by atoms with Crippen molar-refractivity contribution in [3.8, 4) is 11.8 Å². The number of allylic oxidation sites excluding steroid dienone is 1. The van der Waals surface area contributed by atoms with Crippen molar-refractivity contribution in [1.29, 1.82) is 5.26 Å². The summed E-state index contributed by atoms with van der Waals surface area (Å²) in [4.78, 5) is 0. The lowest BCUT2D eigenvalue weighted by Crippen LogP contribution is -2.12. The molecule has 82 valence electrons. The van der Waals surface area contributed by atoms with Crippen molar-refractivity contribution in [1.82, 2.24) is 0 Å². The van der Waals surface area contributed by atoms with E-state index >= 15 is 0 Å². The Hall–Kier alpha value is -1.75. The maximum Gasteiger partial charge on any atom is 0.128 e. The summed E-state index contributed by atoms with van der Waals surface area (Å²) in [5, 5.41) is 9.06. The maximum absolute atomic E-state index is 9.06. The SMILES string of the molecule is CC(C)(C)c1ccc2c(c1)C(C#N)=CCO2. The zero-order valence-corrected chi connectivity index (χ0v) is 9.87. The molecule has 1 aromatic rings. The zero-order valence-electron chi connectivity index (χ0n) is 9.87. The number of nitriles is 1. The average Bonchev–Trinajstić information content (AvgIpc) is 2.26. The minimum atomic E-state index is 0.0903. The third-order valence-electron chi connectivity index (χ3n) is 2.78. The summed E-state index contributed by atoms with van der Waals surface area (Å²) in [7, 11) is 0. The lowest BCUT2D eigenvalue weighted by molar-refractivity contribution is 0.357. The van der Waals surface area contributed by atoms with Crippen molar-refractivity contribution >= 4 is 5.57 Å². The second-order valence-electron chi connectivity index (χ2n) is 5.00. The second kappa shape index (κ2) is 3.68. The fourth-order valence-electron chi connectivity index (χ4n) is 1.76.